The zero-order chi connectivity index (χ0) is 11.6. The molecule has 0 fully saturated rings. The molecule has 80 valence electrons. The highest BCUT2D eigenvalue weighted by molar-refractivity contribution is 5.32. The van der Waals surface area contributed by atoms with E-state index in [2.05, 4.69) is 39.0 Å². The van der Waals surface area contributed by atoms with Crippen LogP contribution in [0, 0.1) is 20.8 Å². The summed E-state index contributed by atoms with van der Waals surface area (Å²) in [6.07, 6.45) is 0. The van der Waals surface area contributed by atoms with Gasteiger partial charge < -0.3 is 5.11 Å². The van der Waals surface area contributed by atoms with E-state index in [4.69, 9.17) is 9.90 Å². The maximum Gasteiger partial charge on any atom is 0.290 e. The van der Waals surface area contributed by atoms with Crippen molar-refractivity contribution in [1.29, 1.82) is 0 Å². The van der Waals surface area contributed by atoms with Crippen LogP contribution in [0.3, 0.4) is 0 Å². The van der Waals surface area contributed by atoms with Crippen LogP contribution in [0.2, 0.25) is 0 Å². The SMILES string of the molecule is CC.Cc1ccc(C)c(C)c1.O=CO. The highest BCUT2D eigenvalue weighted by atomic mass is 16.3. The average Bonchev–Trinajstić information content (AvgIpc) is 2.17. The molecule has 1 N–H and O–H groups in total. The fraction of sp³-hybridized carbons (Fsp3) is 0.417. The van der Waals surface area contributed by atoms with E-state index in [0.717, 1.165) is 0 Å². The first kappa shape index (κ1) is 15.2. The van der Waals surface area contributed by atoms with Gasteiger partial charge in [0.15, 0.2) is 0 Å². The van der Waals surface area contributed by atoms with Gasteiger partial charge in [-0.2, -0.15) is 0 Å². The van der Waals surface area contributed by atoms with Crippen LogP contribution >= 0.6 is 0 Å². The predicted molar refractivity (Wildman–Crippen MR) is 60.7 cm³/mol. The highest BCUT2D eigenvalue weighted by Crippen LogP contribution is 2.07. The van der Waals surface area contributed by atoms with Crippen LogP contribution < -0.4 is 0 Å². The lowest BCUT2D eigenvalue weighted by Crippen LogP contribution is -1.79. The van der Waals surface area contributed by atoms with Gasteiger partial charge in [-0.05, 0) is 31.9 Å². The standard InChI is InChI=1S/C9H12.C2H6.CH2O2/c1-7-4-5-8(2)9(3)6-7;1-2;2-1-3/h4-6H,1-3H3;1-2H3;1H,(H,2,3). The molecule has 0 unspecified atom stereocenters. The lowest BCUT2D eigenvalue weighted by molar-refractivity contribution is -0.122. The smallest absolute Gasteiger partial charge is 0.290 e. The molecule has 0 aliphatic heterocycles. The van der Waals surface area contributed by atoms with Crippen molar-refractivity contribution in [2.45, 2.75) is 34.6 Å². The Labute approximate surface area is 86.6 Å². The summed E-state index contributed by atoms with van der Waals surface area (Å²) < 4.78 is 0. The largest absolute Gasteiger partial charge is 0.483 e. The van der Waals surface area contributed by atoms with Crippen molar-refractivity contribution in [1.82, 2.24) is 0 Å². The molecular weight excluding hydrogens is 176 g/mol. The van der Waals surface area contributed by atoms with Crippen molar-refractivity contribution >= 4 is 6.47 Å². The lowest BCUT2D eigenvalue weighted by atomic mass is 10.1. The molecule has 0 amide bonds. The Morgan fingerprint density at radius 3 is 1.79 bits per heavy atom. The Morgan fingerprint density at radius 2 is 1.50 bits per heavy atom. The van der Waals surface area contributed by atoms with Gasteiger partial charge in [0.25, 0.3) is 6.47 Å². The van der Waals surface area contributed by atoms with Gasteiger partial charge in [0.2, 0.25) is 0 Å². The first-order chi connectivity index (χ1) is 6.61. The van der Waals surface area contributed by atoms with Crippen molar-refractivity contribution in [2.24, 2.45) is 0 Å². The fourth-order valence-corrected chi connectivity index (χ4v) is 0.891. The molecule has 0 spiro atoms. The van der Waals surface area contributed by atoms with E-state index in [1.807, 2.05) is 13.8 Å². The Bertz CT molecular complexity index is 254. The Kier molecular flexibility index (Phi) is 10.6. The molecule has 2 nitrogen and oxygen atoms in total. The van der Waals surface area contributed by atoms with E-state index in [-0.39, 0.29) is 6.47 Å². The molecule has 0 radical (unpaired) electrons. The summed E-state index contributed by atoms with van der Waals surface area (Å²) in [5.41, 5.74) is 4.11. The van der Waals surface area contributed by atoms with E-state index in [9.17, 15) is 0 Å². The van der Waals surface area contributed by atoms with Crippen molar-refractivity contribution in [2.75, 3.05) is 0 Å². The summed E-state index contributed by atoms with van der Waals surface area (Å²) in [5.74, 6) is 0. The molecule has 2 heteroatoms. The van der Waals surface area contributed by atoms with Crippen molar-refractivity contribution in [3.8, 4) is 0 Å². The third kappa shape index (κ3) is 7.35. The maximum absolute atomic E-state index is 8.36. The minimum absolute atomic E-state index is 0.250. The molecule has 0 aliphatic carbocycles. The molecule has 0 atom stereocenters. The van der Waals surface area contributed by atoms with Crippen LogP contribution in [-0.2, 0) is 4.79 Å². The average molecular weight is 196 g/mol. The molecule has 0 heterocycles. The van der Waals surface area contributed by atoms with Gasteiger partial charge in [-0.3, -0.25) is 4.79 Å². The summed E-state index contributed by atoms with van der Waals surface area (Å²) in [6, 6.07) is 6.50. The summed E-state index contributed by atoms with van der Waals surface area (Å²) in [7, 11) is 0. The number of hydrogen-bond donors (Lipinski definition) is 1. The molecule has 1 aromatic carbocycles. The fourth-order valence-electron chi connectivity index (χ4n) is 0.891. The van der Waals surface area contributed by atoms with Gasteiger partial charge in [-0.15, -0.1) is 0 Å². The Balaban J connectivity index is 0. The van der Waals surface area contributed by atoms with Gasteiger partial charge in [-0.1, -0.05) is 37.6 Å². The zero-order valence-electron chi connectivity index (χ0n) is 9.66. The molecule has 0 aromatic heterocycles. The second kappa shape index (κ2) is 9.78. The normalized spacial score (nSPS) is 7.50. The third-order valence-corrected chi connectivity index (χ3v) is 1.66. The maximum atomic E-state index is 8.36. The number of rotatable bonds is 0. The lowest BCUT2D eigenvalue weighted by Gasteiger charge is -1.98. The summed E-state index contributed by atoms with van der Waals surface area (Å²) in [5, 5.41) is 6.89. The Morgan fingerprint density at radius 1 is 1.07 bits per heavy atom. The first-order valence-corrected chi connectivity index (χ1v) is 4.73. The minimum Gasteiger partial charge on any atom is -0.483 e. The summed E-state index contributed by atoms with van der Waals surface area (Å²) >= 11 is 0. The molecule has 0 bridgehead atoms. The molecule has 0 saturated carbocycles. The highest BCUT2D eigenvalue weighted by Gasteiger charge is 1.89. The van der Waals surface area contributed by atoms with Crippen LogP contribution in [-0.4, -0.2) is 11.6 Å². The van der Waals surface area contributed by atoms with E-state index < -0.39 is 0 Å². The van der Waals surface area contributed by atoms with Gasteiger partial charge in [0.1, 0.15) is 0 Å². The molecule has 1 aromatic rings. The molecule has 0 aliphatic rings. The van der Waals surface area contributed by atoms with Crippen LogP contribution in [0.1, 0.15) is 30.5 Å². The van der Waals surface area contributed by atoms with E-state index >= 15 is 0 Å². The monoisotopic (exact) mass is 196 g/mol. The van der Waals surface area contributed by atoms with E-state index in [1.54, 1.807) is 0 Å². The quantitative estimate of drug-likeness (QED) is 0.646. The predicted octanol–water partition coefficient (Wildman–Crippen LogP) is 3.34. The molecule has 14 heavy (non-hydrogen) atoms. The van der Waals surface area contributed by atoms with Crippen molar-refractivity contribution in [3.63, 3.8) is 0 Å². The summed E-state index contributed by atoms with van der Waals surface area (Å²) in [6.45, 7) is 10.1. The second-order valence-corrected chi connectivity index (χ2v) is 2.69. The summed E-state index contributed by atoms with van der Waals surface area (Å²) in [4.78, 5) is 8.36. The van der Waals surface area contributed by atoms with Gasteiger partial charge in [0, 0.05) is 0 Å². The third-order valence-electron chi connectivity index (χ3n) is 1.66. The van der Waals surface area contributed by atoms with Crippen LogP contribution in [0.4, 0.5) is 0 Å². The molecule has 1 rings (SSSR count). The van der Waals surface area contributed by atoms with Crippen molar-refractivity contribution in [3.05, 3.63) is 34.9 Å². The van der Waals surface area contributed by atoms with Crippen LogP contribution in [0.25, 0.3) is 0 Å². The van der Waals surface area contributed by atoms with Gasteiger partial charge in [0.05, 0.1) is 0 Å². The molecule has 0 saturated heterocycles. The zero-order valence-corrected chi connectivity index (χ0v) is 9.66. The van der Waals surface area contributed by atoms with Crippen molar-refractivity contribution < 1.29 is 9.90 Å². The Hall–Kier alpha value is -1.31. The minimum atomic E-state index is -0.250. The second-order valence-electron chi connectivity index (χ2n) is 2.69. The van der Waals surface area contributed by atoms with E-state index in [1.165, 1.54) is 16.7 Å². The van der Waals surface area contributed by atoms with Gasteiger partial charge >= 0.3 is 0 Å². The topological polar surface area (TPSA) is 37.3 Å². The van der Waals surface area contributed by atoms with Crippen LogP contribution in [0.5, 0.6) is 0 Å². The van der Waals surface area contributed by atoms with Gasteiger partial charge in [-0.25, -0.2) is 0 Å². The molecular formula is C12H20O2. The number of aryl methyl sites for hydroxylation is 3. The number of carbonyl (C=O) groups is 1. The number of benzene rings is 1. The van der Waals surface area contributed by atoms with E-state index in [0.29, 0.717) is 0 Å². The number of hydrogen-bond acceptors (Lipinski definition) is 1. The van der Waals surface area contributed by atoms with Crippen LogP contribution in [0.15, 0.2) is 18.2 Å². The number of carboxylic acid groups (broad SMARTS) is 1. The first-order valence-electron chi connectivity index (χ1n) is 4.73.